The maximum absolute atomic E-state index is 12.1. The maximum atomic E-state index is 12.1. The van der Waals surface area contributed by atoms with Crippen molar-refractivity contribution < 1.29 is 9.53 Å². The molecule has 1 aliphatic carbocycles. The highest BCUT2D eigenvalue weighted by Crippen LogP contribution is 2.36. The molecule has 146 valence electrons. The molecule has 2 heterocycles. The van der Waals surface area contributed by atoms with Crippen LogP contribution in [-0.2, 0) is 16.0 Å². The van der Waals surface area contributed by atoms with E-state index in [4.69, 9.17) is 4.74 Å². The van der Waals surface area contributed by atoms with Crippen LogP contribution in [0.15, 0.2) is 5.16 Å². The summed E-state index contributed by atoms with van der Waals surface area (Å²) in [6.07, 6.45) is 15.5. The molecule has 1 saturated carbocycles. The van der Waals surface area contributed by atoms with Crippen molar-refractivity contribution >= 4 is 17.7 Å². The van der Waals surface area contributed by atoms with Crippen LogP contribution in [0, 0.1) is 5.92 Å². The molecular weight excluding hydrogens is 346 g/mol. The summed E-state index contributed by atoms with van der Waals surface area (Å²) in [5, 5.41) is 9.61. The summed E-state index contributed by atoms with van der Waals surface area (Å²) in [5.41, 5.74) is 0. The van der Waals surface area contributed by atoms with Crippen molar-refractivity contribution in [2.45, 2.75) is 102 Å². The second-order valence-corrected chi connectivity index (χ2v) is 8.71. The van der Waals surface area contributed by atoms with Gasteiger partial charge in [-0.1, -0.05) is 70.1 Å². The van der Waals surface area contributed by atoms with E-state index >= 15 is 0 Å². The average molecular weight is 380 g/mol. The number of aromatic nitrogens is 3. The standard InChI is InChI=1S/C20H33N3O2S/c1-2-3-4-5-6-7-8-9-10-11-17-21-22-20-23(17)18(14-15-26-20)25-19(24)16-12-13-16/h16,18H,2-15H2,1H3. The minimum Gasteiger partial charge on any atom is -0.441 e. The zero-order valence-electron chi connectivity index (χ0n) is 16.1. The molecule has 1 aliphatic heterocycles. The molecule has 0 aromatic carbocycles. The number of hydrogen-bond donors (Lipinski definition) is 0. The molecule has 0 N–H and O–H groups in total. The molecule has 1 fully saturated rings. The maximum Gasteiger partial charge on any atom is 0.310 e. The molecule has 5 nitrogen and oxygen atoms in total. The molecule has 0 radical (unpaired) electrons. The van der Waals surface area contributed by atoms with E-state index in [9.17, 15) is 4.79 Å². The summed E-state index contributed by atoms with van der Waals surface area (Å²) in [5.74, 6) is 2.04. The molecule has 0 bridgehead atoms. The third kappa shape index (κ3) is 5.73. The summed E-state index contributed by atoms with van der Waals surface area (Å²) in [7, 11) is 0. The SMILES string of the molecule is CCCCCCCCCCCc1nnc2n1C(OC(=O)C1CC1)CCS2. The van der Waals surface area contributed by atoms with Crippen LogP contribution >= 0.6 is 11.8 Å². The number of carbonyl (C=O) groups excluding carboxylic acids is 1. The quantitative estimate of drug-likeness (QED) is 0.364. The number of aryl methyl sites for hydroxylation is 1. The van der Waals surface area contributed by atoms with Gasteiger partial charge in [-0.05, 0) is 19.3 Å². The predicted molar refractivity (Wildman–Crippen MR) is 104 cm³/mol. The van der Waals surface area contributed by atoms with Gasteiger partial charge < -0.3 is 4.74 Å². The second kappa shape index (κ2) is 10.3. The highest BCUT2D eigenvalue weighted by atomic mass is 32.2. The van der Waals surface area contributed by atoms with E-state index in [1.165, 1.54) is 51.4 Å². The monoisotopic (exact) mass is 379 g/mol. The average Bonchev–Trinajstić information content (AvgIpc) is 3.42. The van der Waals surface area contributed by atoms with E-state index < -0.39 is 0 Å². The first-order chi connectivity index (χ1) is 12.8. The molecule has 26 heavy (non-hydrogen) atoms. The third-order valence-corrected chi connectivity index (χ3v) is 6.26. The van der Waals surface area contributed by atoms with Crippen molar-refractivity contribution in [3.8, 4) is 0 Å². The summed E-state index contributed by atoms with van der Waals surface area (Å²) >= 11 is 1.72. The molecule has 1 aromatic rings. The molecule has 1 atom stereocenters. The van der Waals surface area contributed by atoms with Gasteiger partial charge in [-0.3, -0.25) is 9.36 Å². The molecule has 0 saturated heterocycles. The fourth-order valence-electron chi connectivity index (χ4n) is 3.50. The Bertz CT molecular complexity index is 571. The summed E-state index contributed by atoms with van der Waals surface area (Å²) < 4.78 is 7.85. The van der Waals surface area contributed by atoms with Crippen molar-refractivity contribution in [1.29, 1.82) is 0 Å². The Labute approximate surface area is 161 Å². The summed E-state index contributed by atoms with van der Waals surface area (Å²) in [6, 6.07) is 0. The van der Waals surface area contributed by atoms with Crippen LogP contribution in [0.4, 0.5) is 0 Å². The number of nitrogens with zero attached hydrogens (tertiary/aromatic N) is 3. The van der Waals surface area contributed by atoms with Crippen molar-refractivity contribution in [3.63, 3.8) is 0 Å². The lowest BCUT2D eigenvalue weighted by molar-refractivity contribution is -0.156. The van der Waals surface area contributed by atoms with E-state index in [-0.39, 0.29) is 18.1 Å². The predicted octanol–water partition coefficient (Wildman–Crippen LogP) is 5.30. The van der Waals surface area contributed by atoms with Crippen LogP contribution in [-0.4, -0.2) is 26.5 Å². The normalized spacial score (nSPS) is 19.3. The summed E-state index contributed by atoms with van der Waals surface area (Å²) in [4.78, 5) is 12.1. The number of ether oxygens (including phenoxy) is 1. The zero-order chi connectivity index (χ0) is 18.2. The van der Waals surface area contributed by atoms with Gasteiger partial charge in [0.05, 0.1) is 5.92 Å². The number of unbranched alkanes of at least 4 members (excludes halogenated alkanes) is 8. The highest BCUT2D eigenvalue weighted by molar-refractivity contribution is 7.99. The number of esters is 1. The van der Waals surface area contributed by atoms with E-state index in [1.54, 1.807) is 11.8 Å². The van der Waals surface area contributed by atoms with E-state index in [0.717, 1.165) is 48.8 Å². The van der Waals surface area contributed by atoms with Crippen LogP contribution in [0.25, 0.3) is 0 Å². The zero-order valence-corrected chi connectivity index (χ0v) is 16.9. The second-order valence-electron chi connectivity index (χ2n) is 7.65. The lowest BCUT2D eigenvalue weighted by atomic mass is 10.1. The minimum atomic E-state index is -0.192. The van der Waals surface area contributed by atoms with Crippen molar-refractivity contribution in [2.75, 3.05) is 5.75 Å². The van der Waals surface area contributed by atoms with E-state index in [2.05, 4.69) is 21.7 Å². The molecule has 0 amide bonds. The van der Waals surface area contributed by atoms with Crippen molar-refractivity contribution in [1.82, 2.24) is 14.8 Å². The van der Waals surface area contributed by atoms with Gasteiger partial charge in [0.25, 0.3) is 0 Å². The van der Waals surface area contributed by atoms with Gasteiger partial charge in [-0.25, -0.2) is 0 Å². The Morgan fingerprint density at radius 3 is 2.42 bits per heavy atom. The van der Waals surface area contributed by atoms with Gasteiger partial charge >= 0.3 is 5.97 Å². The molecule has 0 spiro atoms. The summed E-state index contributed by atoms with van der Waals surface area (Å²) in [6.45, 7) is 2.26. The molecular formula is C20H33N3O2S. The number of carbonyl (C=O) groups is 1. The van der Waals surface area contributed by atoms with Gasteiger partial charge in [0.2, 0.25) is 0 Å². The first-order valence-corrected chi connectivity index (χ1v) is 11.5. The smallest absolute Gasteiger partial charge is 0.310 e. The van der Waals surface area contributed by atoms with E-state index in [1.807, 2.05) is 0 Å². The first kappa shape index (κ1) is 19.7. The van der Waals surface area contributed by atoms with Crippen LogP contribution < -0.4 is 0 Å². The lowest BCUT2D eigenvalue weighted by Gasteiger charge is -2.25. The fourth-order valence-corrected chi connectivity index (χ4v) is 4.46. The van der Waals surface area contributed by atoms with Gasteiger partial charge in [-0.2, -0.15) is 0 Å². The number of thioether (sulfide) groups is 1. The van der Waals surface area contributed by atoms with Gasteiger partial charge in [0.1, 0.15) is 5.82 Å². The van der Waals surface area contributed by atoms with Gasteiger partial charge in [-0.15, -0.1) is 10.2 Å². The highest BCUT2D eigenvalue weighted by Gasteiger charge is 2.35. The van der Waals surface area contributed by atoms with Gasteiger partial charge in [0, 0.05) is 18.6 Å². The van der Waals surface area contributed by atoms with E-state index in [0.29, 0.717) is 0 Å². The number of fused-ring (bicyclic) bond motifs is 1. The van der Waals surface area contributed by atoms with Crippen LogP contribution in [0.2, 0.25) is 0 Å². The molecule has 1 aromatic heterocycles. The fraction of sp³-hybridized carbons (Fsp3) is 0.850. The first-order valence-electron chi connectivity index (χ1n) is 10.6. The molecule has 2 aliphatic rings. The number of hydrogen-bond acceptors (Lipinski definition) is 5. The molecule has 3 rings (SSSR count). The van der Waals surface area contributed by atoms with Crippen molar-refractivity contribution in [3.05, 3.63) is 5.82 Å². The van der Waals surface area contributed by atoms with Crippen LogP contribution in [0.1, 0.15) is 96.0 Å². The third-order valence-electron chi connectivity index (χ3n) is 5.29. The van der Waals surface area contributed by atoms with Gasteiger partial charge in [0.15, 0.2) is 11.4 Å². The van der Waals surface area contributed by atoms with Crippen molar-refractivity contribution in [2.24, 2.45) is 5.92 Å². The topological polar surface area (TPSA) is 57.0 Å². The molecule has 6 heteroatoms. The van der Waals surface area contributed by atoms with Crippen LogP contribution in [0.5, 0.6) is 0 Å². The minimum absolute atomic E-state index is 0.0319. The Balaban J connectivity index is 1.40. The lowest BCUT2D eigenvalue weighted by Crippen LogP contribution is -2.24. The molecule has 1 unspecified atom stereocenters. The largest absolute Gasteiger partial charge is 0.441 e. The Hall–Kier alpha value is -1.04. The Morgan fingerprint density at radius 1 is 1.04 bits per heavy atom. The van der Waals surface area contributed by atoms with Crippen LogP contribution in [0.3, 0.4) is 0 Å². The Morgan fingerprint density at radius 2 is 1.73 bits per heavy atom. The number of rotatable bonds is 12. The Kier molecular flexibility index (Phi) is 7.84.